The largest absolute Gasteiger partial charge is 0.309 e. The van der Waals surface area contributed by atoms with E-state index < -0.39 is 0 Å². The Labute approximate surface area is 116 Å². The van der Waals surface area contributed by atoms with Crippen molar-refractivity contribution in [3.8, 4) is 11.1 Å². The van der Waals surface area contributed by atoms with Crippen LogP contribution in [-0.2, 0) is 12.8 Å². The standard InChI is InChI=1S/C16H14N2O2/c19-18(20)12-5-4-11-8-15-16-10(6-7-17-15)2-1-3-13(16)14(11)9-12/h1-5,9,15,17H,6-8H2. The van der Waals surface area contributed by atoms with Crippen molar-refractivity contribution in [1.82, 2.24) is 5.32 Å². The minimum Gasteiger partial charge on any atom is -0.309 e. The number of benzene rings is 2. The molecule has 0 amide bonds. The molecule has 1 heterocycles. The van der Waals surface area contributed by atoms with Gasteiger partial charge >= 0.3 is 0 Å². The van der Waals surface area contributed by atoms with Gasteiger partial charge in [-0.05, 0) is 47.2 Å². The lowest BCUT2D eigenvalue weighted by molar-refractivity contribution is -0.384. The SMILES string of the molecule is O=[N+]([O-])c1ccc2c(c1)-c1cccc3c1C(C2)NCC3. The summed E-state index contributed by atoms with van der Waals surface area (Å²) in [6.07, 6.45) is 1.95. The van der Waals surface area contributed by atoms with Crippen LogP contribution < -0.4 is 5.32 Å². The smallest absolute Gasteiger partial charge is 0.270 e. The van der Waals surface area contributed by atoms with Crippen LogP contribution in [0.4, 0.5) is 5.69 Å². The fourth-order valence-corrected chi connectivity index (χ4v) is 3.46. The lowest BCUT2D eigenvalue weighted by atomic mass is 9.78. The van der Waals surface area contributed by atoms with Crippen LogP contribution in [0.1, 0.15) is 22.7 Å². The van der Waals surface area contributed by atoms with Gasteiger partial charge in [-0.15, -0.1) is 0 Å². The summed E-state index contributed by atoms with van der Waals surface area (Å²) in [5, 5.41) is 14.6. The zero-order valence-electron chi connectivity index (χ0n) is 10.9. The molecule has 4 rings (SSSR count). The minimum atomic E-state index is -0.319. The molecule has 1 N–H and O–H groups in total. The lowest BCUT2D eigenvalue weighted by Gasteiger charge is -2.34. The molecule has 0 bridgehead atoms. The van der Waals surface area contributed by atoms with Gasteiger partial charge in [0.15, 0.2) is 0 Å². The second-order valence-corrected chi connectivity index (χ2v) is 5.44. The van der Waals surface area contributed by atoms with Crippen molar-refractivity contribution in [2.45, 2.75) is 18.9 Å². The normalized spacial score (nSPS) is 19.1. The Morgan fingerprint density at radius 1 is 1.15 bits per heavy atom. The molecule has 1 unspecified atom stereocenters. The number of hydrogen-bond acceptors (Lipinski definition) is 3. The molecule has 0 radical (unpaired) electrons. The number of nitro groups is 1. The molecule has 1 aliphatic carbocycles. The number of nitrogens with one attached hydrogen (secondary N) is 1. The first-order valence-corrected chi connectivity index (χ1v) is 6.87. The van der Waals surface area contributed by atoms with Crippen LogP contribution in [0.3, 0.4) is 0 Å². The van der Waals surface area contributed by atoms with E-state index in [-0.39, 0.29) is 10.6 Å². The van der Waals surface area contributed by atoms with Crippen molar-refractivity contribution in [1.29, 1.82) is 0 Å². The van der Waals surface area contributed by atoms with E-state index in [4.69, 9.17) is 0 Å². The molecule has 2 aliphatic rings. The minimum absolute atomic E-state index is 0.170. The molecule has 100 valence electrons. The van der Waals surface area contributed by atoms with Crippen molar-refractivity contribution < 1.29 is 4.92 Å². The lowest BCUT2D eigenvalue weighted by Crippen LogP contribution is -2.33. The fraction of sp³-hybridized carbons (Fsp3) is 0.250. The Morgan fingerprint density at radius 2 is 2.05 bits per heavy atom. The second kappa shape index (κ2) is 4.15. The van der Waals surface area contributed by atoms with Gasteiger partial charge in [-0.3, -0.25) is 10.1 Å². The van der Waals surface area contributed by atoms with Gasteiger partial charge in [0.05, 0.1) is 4.92 Å². The number of non-ortho nitro benzene ring substituents is 1. The molecule has 0 saturated carbocycles. The van der Waals surface area contributed by atoms with Crippen LogP contribution >= 0.6 is 0 Å². The van der Waals surface area contributed by atoms with Gasteiger partial charge < -0.3 is 5.32 Å². The quantitative estimate of drug-likeness (QED) is 0.637. The van der Waals surface area contributed by atoms with E-state index in [1.54, 1.807) is 12.1 Å². The fourth-order valence-electron chi connectivity index (χ4n) is 3.46. The van der Waals surface area contributed by atoms with E-state index in [0.29, 0.717) is 6.04 Å². The summed E-state index contributed by atoms with van der Waals surface area (Å²) in [6, 6.07) is 11.9. The third-order valence-corrected chi connectivity index (χ3v) is 4.35. The molecule has 0 spiro atoms. The maximum Gasteiger partial charge on any atom is 0.270 e. The van der Waals surface area contributed by atoms with Crippen LogP contribution in [0.25, 0.3) is 11.1 Å². The summed E-state index contributed by atoms with van der Waals surface area (Å²) in [4.78, 5) is 10.7. The van der Waals surface area contributed by atoms with Gasteiger partial charge in [0.2, 0.25) is 0 Å². The van der Waals surface area contributed by atoms with Gasteiger partial charge in [-0.1, -0.05) is 24.3 Å². The highest BCUT2D eigenvalue weighted by atomic mass is 16.6. The van der Waals surface area contributed by atoms with Crippen molar-refractivity contribution in [2.75, 3.05) is 6.54 Å². The zero-order chi connectivity index (χ0) is 13.7. The number of nitro benzene ring substituents is 1. The van der Waals surface area contributed by atoms with Crippen LogP contribution in [0.5, 0.6) is 0 Å². The number of fused-ring (bicyclic) bond motifs is 2. The molecule has 0 aromatic heterocycles. The van der Waals surface area contributed by atoms with Gasteiger partial charge in [-0.2, -0.15) is 0 Å². The van der Waals surface area contributed by atoms with E-state index in [2.05, 4.69) is 23.5 Å². The van der Waals surface area contributed by atoms with E-state index in [9.17, 15) is 10.1 Å². The molecular weight excluding hydrogens is 252 g/mol. The first-order chi connectivity index (χ1) is 9.74. The predicted octanol–water partition coefficient (Wildman–Crippen LogP) is 3.00. The number of hydrogen-bond donors (Lipinski definition) is 1. The molecule has 2 aromatic rings. The highest BCUT2D eigenvalue weighted by molar-refractivity contribution is 5.77. The average Bonchev–Trinajstić information content (AvgIpc) is 2.47. The summed E-state index contributed by atoms with van der Waals surface area (Å²) in [6.45, 7) is 1.00. The molecular formula is C16H14N2O2. The Kier molecular flexibility index (Phi) is 2.41. The third-order valence-electron chi connectivity index (χ3n) is 4.35. The highest BCUT2D eigenvalue weighted by Crippen LogP contribution is 2.42. The van der Waals surface area contributed by atoms with Crippen LogP contribution in [0, 0.1) is 10.1 Å². The second-order valence-electron chi connectivity index (χ2n) is 5.44. The van der Waals surface area contributed by atoms with Crippen molar-refractivity contribution >= 4 is 5.69 Å². The predicted molar refractivity (Wildman–Crippen MR) is 76.7 cm³/mol. The molecule has 0 fully saturated rings. The van der Waals surface area contributed by atoms with Gasteiger partial charge in [0.25, 0.3) is 5.69 Å². The maximum absolute atomic E-state index is 11.0. The third kappa shape index (κ3) is 1.58. The number of nitrogens with zero attached hydrogens (tertiary/aromatic N) is 1. The van der Waals surface area contributed by atoms with E-state index >= 15 is 0 Å². The topological polar surface area (TPSA) is 55.2 Å². The Hall–Kier alpha value is -2.20. The summed E-state index contributed by atoms with van der Waals surface area (Å²) in [5.41, 5.74) is 6.26. The Bertz CT molecular complexity index is 724. The van der Waals surface area contributed by atoms with Gasteiger partial charge in [-0.25, -0.2) is 0 Å². The summed E-state index contributed by atoms with van der Waals surface area (Å²) >= 11 is 0. The molecule has 0 saturated heterocycles. The number of rotatable bonds is 1. The highest BCUT2D eigenvalue weighted by Gasteiger charge is 2.29. The van der Waals surface area contributed by atoms with E-state index in [1.165, 1.54) is 16.7 Å². The van der Waals surface area contributed by atoms with Crippen molar-refractivity contribution in [3.63, 3.8) is 0 Å². The van der Waals surface area contributed by atoms with Crippen molar-refractivity contribution in [2.24, 2.45) is 0 Å². The zero-order valence-corrected chi connectivity index (χ0v) is 10.9. The summed E-state index contributed by atoms with van der Waals surface area (Å²) in [7, 11) is 0. The van der Waals surface area contributed by atoms with Crippen LogP contribution in [0.2, 0.25) is 0 Å². The molecule has 1 atom stereocenters. The summed E-state index contributed by atoms with van der Waals surface area (Å²) in [5.74, 6) is 0. The average molecular weight is 266 g/mol. The van der Waals surface area contributed by atoms with E-state index in [1.807, 2.05) is 6.07 Å². The molecule has 4 heteroatoms. The van der Waals surface area contributed by atoms with Crippen LogP contribution in [0.15, 0.2) is 36.4 Å². The Balaban J connectivity index is 1.98. The van der Waals surface area contributed by atoms with Gasteiger partial charge in [0, 0.05) is 18.2 Å². The van der Waals surface area contributed by atoms with Gasteiger partial charge in [0.1, 0.15) is 0 Å². The van der Waals surface area contributed by atoms with Crippen molar-refractivity contribution in [3.05, 3.63) is 63.2 Å². The Morgan fingerprint density at radius 3 is 2.90 bits per heavy atom. The molecule has 2 aromatic carbocycles. The molecule has 1 aliphatic heterocycles. The first kappa shape index (κ1) is 11.6. The van der Waals surface area contributed by atoms with Crippen LogP contribution in [-0.4, -0.2) is 11.5 Å². The van der Waals surface area contributed by atoms with E-state index in [0.717, 1.165) is 30.5 Å². The molecule has 4 nitrogen and oxygen atoms in total. The maximum atomic E-state index is 11.0. The first-order valence-electron chi connectivity index (χ1n) is 6.87. The monoisotopic (exact) mass is 266 g/mol. The molecule has 20 heavy (non-hydrogen) atoms. The summed E-state index contributed by atoms with van der Waals surface area (Å²) < 4.78 is 0.